The highest BCUT2D eigenvalue weighted by Gasteiger charge is 2.47. The second kappa shape index (κ2) is 27.9. The Morgan fingerprint density at radius 1 is 0.283 bits per heavy atom. The van der Waals surface area contributed by atoms with E-state index >= 15 is 0 Å². The first kappa shape index (κ1) is 62.9. The summed E-state index contributed by atoms with van der Waals surface area (Å²) in [4.78, 5) is 5.12. The van der Waals surface area contributed by atoms with Gasteiger partial charge < -0.3 is 14.4 Å². The number of benzene rings is 16. The van der Waals surface area contributed by atoms with Gasteiger partial charge in [-0.15, -0.1) is 0 Å². The highest BCUT2D eigenvalue weighted by Crippen LogP contribution is 2.56. The summed E-state index contributed by atoms with van der Waals surface area (Å²) < 4.78 is 71.3. The third-order valence-electron chi connectivity index (χ3n) is 23.4. The van der Waals surface area contributed by atoms with E-state index in [0.717, 1.165) is 117 Å². The molecule has 0 atom stereocenters. The summed E-state index contributed by atoms with van der Waals surface area (Å²) in [5.41, 5.74) is 23.0. The van der Waals surface area contributed by atoms with Crippen LogP contribution in [0.25, 0.3) is 94.3 Å². The molecule has 19 rings (SSSR count). The van der Waals surface area contributed by atoms with Gasteiger partial charge in [0.25, 0.3) is 6.71 Å². The van der Waals surface area contributed by atoms with Crippen molar-refractivity contribution in [3.8, 4) is 72.4 Å². The van der Waals surface area contributed by atoms with Crippen LogP contribution in [0.3, 0.4) is 0 Å². The van der Waals surface area contributed by atoms with Gasteiger partial charge in [-0.2, -0.15) is 0 Å². The van der Waals surface area contributed by atoms with Gasteiger partial charge in [0.1, 0.15) is 0 Å². The molecule has 0 saturated carbocycles. The number of para-hydroxylation sites is 1. The smallest absolute Gasteiger partial charge is 0.252 e. The molecule has 0 fully saturated rings. The predicted octanol–water partition coefficient (Wildman–Crippen LogP) is 24.1. The zero-order chi connectivity index (χ0) is 83.0. The first-order valence-corrected chi connectivity index (χ1v) is 41.4. The number of nitrogens with zero attached hydrogens (tertiary/aromatic N) is 3. The molecule has 0 radical (unpaired) electrons. The van der Waals surface area contributed by atoms with Gasteiger partial charge in [0, 0.05) is 61.5 Å². The second-order valence-corrected chi connectivity index (χ2v) is 37.2. The van der Waals surface area contributed by atoms with E-state index in [1.807, 2.05) is 36.4 Å². The summed E-state index contributed by atoms with van der Waals surface area (Å²) in [5.74, 6) is 0. The molecule has 0 unspecified atom stereocenters. The third kappa shape index (κ3) is 12.2. The van der Waals surface area contributed by atoms with Gasteiger partial charge in [0.2, 0.25) is 0 Å². The quantitative estimate of drug-likeness (QED) is 0.0842. The summed E-state index contributed by atoms with van der Waals surface area (Å²) in [6, 6.07) is 121. The Labute approximate surface area is 677 Å². The van der Waals surface area contributed by atoms with Crippen molar-refractivity contribution in [2.45, 2.75) is 78.6 Å². The standard InChI is InChI=1S/C108H90BN3Si/c1-106(2,3)81-66-90(75-38-20-11-21-39-75)104(91(67-81)76-40-22-12-23-41-76)111-99-63-57-80(74-54-59-88(60-55-74)113(85-46-28-15-29-47-85,86-48-30-16-31-49-86)87-50-32-17-33-51-87)65-96(99)109-95-61-58-84(110-97-53-35-34-52-89(97)94-64-79(56-62-98(94)110)73-36-18-10-19-37-73)72-100(95)112(102-71-83(108(7,8)9)70-101(111)103(102)109)105-92(77-42-24-13-25-43-77)68-82(107(4,5)6)69-93(105)78-44-26-14-27-45-78/h10-72H,1-9H3/i34D,35D,52D,53D,56D,62D,64D. The number of fused-ring (bicyclic) bond motifs is 7. The number of rotatable bonds is 13. The van der Waals surface area contributed by atoms with Crippen molar-refractivity contribution in [1.29, 1.82) is 0 Å². The van der Waals surface area contributed by atoms with E-state index in [9.17, 15) is 9.60 Å². The predicted molar refractivity (Wildman–Crippen MR) is 487 cm³/mol. The minimum atomic E-state index is -2.96. The lowest BCUT2D eigenvalue weighted by Crippen LogP contribution is -2.74. The van der Waals surface area contributed by atoms with Crippen molar-refractivity contribution in [2.75, 3.05) is 9.80 Å². The van der Waals surface area contributed by atoms with Crippen molar-refractivity contribution in [2.24, 2.45) is 0 Å². The van der Waals surface area contributed by atoms with Crippen LogP contribution in [0.5, 0.6) is 0 Å². The fraction of sp³-hybridized carbons (Fsp3) is 0.111. The molecule has 0 bridgehead atoms. The zero-order valence-corrected chi connectivity index (χ0v) is 66.3. The average molecular weight is 1480 g/mol. The molecule has 0 N–H and O–H groups in total. The molecule has 0 spiro atoms. The van der Waals surface area contributed by atoms with Gasteiger partial charge in [0.15, 0.2) is 8.07 Å². The fourth-order valence-corrected chi connectivity index (χ4v) is 22.4. The van der Waals surface area contributed by atoms with Crippen LogP contribution in [0.15, 0.2) is 382 Å². The Balaban J connectivity index is 0.980. The van der Waals surface area contributed by atoms with Crippen molar-refractivity contribution in [3.63, 3.8) is 0 Å². The number of anilines is 6. The largest absolute Gasteiger partial charge is 0.310 e. The van der Waals surface area contributed by atoms with E-state index in [0.29, 0.717) is 11.3 Å². The zero-order valence-electron chi connectivity index (χ0n) is 72.3. The maximum absolute atomic E-state index is 10.4. The van der Waals surface area contributed by atoms with Crippen LogP contribution in [0, 0.1) is 0 Å². The molecule has 2 aliphatic heterocycles. The minimum absolute atomic E-state index is 0.0987. The normalized spacial score (nSPS) is 13.6. The van der Waals surface area contributed by atoms with Crippen LogP contribution >= 0.6 is 0 Å². The molecular formula is C108H90BN3Si. The molecule has 0 saturated heterocycles. The molecule has 16 aromatic carbocycles. The van der Waals surface area contributed by atoms with E-state index in [4.69, 9.17) is 0 Å². The van der Waals surface area contributed by atoms with Gasteiger partial charge in [-0.1, -0.05) is 372 Å². The Bertz CT molecular complexity index is 6670. The average Bonchev–Trinajstić information content (AvgIpc) is 0.858. The van der Waals surface area contributed by atoms with E-state index in [1.165, 1.54) is 26.3 Å². The minimum Gasteiger partial charge on any atom is -0.310 e. The van der Waals surface area contributed by atoms with Crippen molar-refractivity contribution in [3.05, 3.63) is 399 Å². The van der Waals surface area contributed by atoms with Crippen LogP contribution in [0.2, 0.25) is 0 Å². The van der Waals surface area contributed by atoms with Gasteiger partial charge in [-0.25, -0.2) is 0 Å². The van der Waals surface area contributed by atoms with Crippen molar-refractivity contribution >= 4 is 108 Å². The summed E-state index contributed by atoms with van der Waals surface area (Å²) in [7, 11) is -2.96. The van der Waals surface area contributed by atoms with Crippen LogP contribution in [-0.2, 0) is 16.2 Å². The molecule has 0 aliphatic carbocycles. The Morgan fingerprint density at radius 2 is 0.655 bits per heavy atom. The molecule has 17 aromatic rings. The summed E-state index contributed by atoms with van der Waals surface area (Å²) in [6.07, 6.45) is 0. The lowest BCUT2D eigenvalue weighted by atomic mass is 9.33. The molecule has 3 nitrogen and oxygen atoms in total. The Kier molecular flexibility index (Phi) is 15.5. The van der Waals surface area contributed by atoms with Crippen LogP contribution in [0.4, 0.5) is 34.1 Å². The SMILES string of the molecule is [2H]c1c([2H])c([2H])c2c(c1[2H])c1c([2H])c(-c3ccccc3)c([2H])c([2H])c1n2-c1ccc2c(c1)N(c1c(-c3ccccc3)cc(C(C)(C)C)cc1-c1ccccc1)c1cc(C(C)(C)C)cc3c1B2c1cc(-c2ccc([Si](c4ccccc4)(c4ccccc4)c4ccccc4)cc2)ccc1N3c1c(-c2ccccc2)cc(C(C)(C)C)cc1-c1ccccc1. The lowest BCUT2D eigenvalue weighted by molar-refractivity contribution is 0.590. The second-order valence-electron chi connectivity index (χ2n) is 33.4. The number of hydrogen-bond acceptors (Lipinski definition) is 2. The summed E-state index contributed by atoms with van der Waals surface area (Å²) in [6.45, 7) is 20.2. The first-order chi connectivity index (χ1) is 57.9. The fourth-order valence-electron chi connectivity index (χ4n) is 17.7. The Hall–Kier alpha value is -12.8. The first-order valence-electron chi connectivity index (χ1n) is 42.9. The van der Waals surface area contributed by atoms with Crippen LogP contribution in [0.1, 0.15) is 88.6 Å². The monoisotopic (exact) mass is 1470 g/mol. The van der Waals surface area contributed by atoms with E-state index in [1.54, 1.807) is 4.57 Å². The molecule has 5 heteroatoms. The highest BCUT2D eigenvalue weighted by atomic mass is 28.3. The van der Waals surface area contributed by atoms with Crippen LogP contribution < -0.4 is 46.9 Å². The maximum Gasteiger partial charge on any atom is 0.252 e. The molecular weight excluding hydrogens is 1380 g/mol. The maximum atomic E-state index is 10.4. The van der Waals surface area contributed by atoms with E-state index in [-0.39, 0.29) is 68.4 Å². The molecule has 0 amide bonds. The molecule has 1 aromatic heterocycles. The van der Waals surface area contributed by atoms with E-state index in [2.05, 4.69) is 375 Å². The van der Waals surface area contributed by atoms with Gasteiger partial charge in [-0.05, 0) is 187 Å². The number of aromatic nitrogens is 1. The van der Waals surface area contributed by atoms with E-state index < -0.39 is 32.3 Å². The summed E-state index contributed by atoms with van der Waals surface area (Å²) in [5, 5.41) is 5.41. The molecule has 3 heterocycles. The molecule has 113 heavy (non-hydrogen) atoms. The Morgan fingerprint density at radius 3 is 1.10 bits per heavy atom. The molecule has 544 valence electrons. The summed E-state index contributed by atoms with van der Waals surface area (Å²) >= 11 is 0. The topological polar surface area (TPSA) is 11.4 Å². The number of hydrogen-bond donors (Lipinski definition) is 0. The van der Waals surface area contributed by atoms with Crippen LogP contribution in [-0.4, -0.2) is 19.4 Å². The van der Waals surface area contributed by atoms with Crippen molar-refractivity contribution < 1.29 is 9.60 Å². The van der Waals surface area contributed by atoms with Gasteiger partial charge in [-0.3, -0.25) is 0 Å². The van der Waals surface area contributed by atoms with Gasteiger partial charge in [0.05, 0.1) is 32.0 Å². The molecule has 2 aliphatic rings. The highest BCUT2D eigenvalue weighted by molar-refractivity contribution is 7.20. The third-order valence-corrected chi connectivity index (χ3v) is 28.2. The van der Waals surface area contributed by atoms with Crippen molar-refractivity contribution in [1.82, 2.24) is 4.57 Å². The van der Waals surface area contributed by atoms with Gasteiger partial charge >= 0.3 is 0 Å². The lowest BCUT2D eigenvalue weighted by Gasteiger charge is -2.47.